The summed E-state index contributed by atoms with van der Waals surface area (Å²) >= 11 is 0. The lowest BCUT2D eigenvalue weighted by atomic mass is 9.86. The fraction of sp³-hybridized carbons (Fsp3) is 0.348. The number of rotatable bonds is 5. The van der Waals surface area contributed by atoms with E-state index < -0.39 is 12.0 Å². The van der Waals surface area contributed by atoms with Crippen molar-refractivity contribution in [3.63, 3.8) is 0 Å². The molecule has 1 aliphatic rings. The number of carbonyl (C=O) groups excluding carboxylic acids is 2. The Kier molecular flexibility index (Phi) is 5.73. The molecule has 152 valence electrons. The van der Waals surface area contributed by atoms with Crippen LogP contribution in [0.4, 0.5) is 5.69 Å². The first kappa shape index (κ1) is 20.6. The Balaban J connectivity index is 1.80. The highest BCUT2D eigenvalue weighted by Gasteiger charge is 2.22. The molecule has 0 bridgehead atoms. The van der Waals surface area contributed by atoms with Crippen LogP contribution < -0.4 is 10.6 Å². The zero-order valence-electron chi connectivity index (χ0n) is 16.9. The molecule has 3 rings (SSSR count). The van der Waals surface area contributed by atoms with Crippen molar-refractivity contribution in [2.75, 3.05) is 5.32 Å². The first-order chi connectivity index (χ1) is 13.6. The maximum absolute atomic E-state index is 12.8. The maximum Gasteiger partial charge on any atom is 0.305 e. The van der Waals surface area contributed by atoms with Crippen molar-refractivity contribution in [3.05, 3.63) is 64.7 Å². The van der Waals surface area contributed by atoms with Crippen molar-refractivity contribution in [3.8, 4) is 0 Å². The SMILES string of the molecule is CC(C)(C)c1ccc(C(CC(=O)O)NC(=O)c2ccc3c(c2)CCC(=O)N3)cc1. The monoisotopic (exact) mass is 394 g/mol. The summed E-state index contributed by atoms with van der Waals surface area (Å²) < 4.78 is 0. The van der Waals surface area contributed by atoms with Crippen LogP contribution in [0, 0.1) is 0 Å². The summed E-state index contributed by atoms with van der Waals surface area (Å²) in [5, 5.41) is 14.9. The molecule has 0 saturated heterocycles. The molecule has 0 fully saturated rings. The summed E-state index contributed by atoms with van der Waals surface area (Å²) in [6, 6.07) is 12.2. The number of carboxylic acids is 1. The van der Waals surface area contributed by atoms with Gasteiger partial charge in [-0.1, -0.05) is 45.0 Å². The van der Waals surface area contributed by atoms with Crippen molar-refractivity contribution in [2.24, 2.45) is 0 Å². The van der Waals surface area contributed by atoms with Crippen LogP contribution in [0.1, 0.15) is 66.7 Å². The lowest BCUT2D eigenvalue weighted by molar-refractivity contribution is -0.137. The number of aryl methyl sites for hydroxylation is 1. The van der Waals surface area contributed by atoms with Crippen molar-refractivity contribution in [1.29, 1.82) is 0 Å². The van der Waals surface area contributed by atoms with Gasteiger partial charge in [-0.2, -0.15) is 0 Å². The van der Waals surface area contributed by atoms with Crippen LogP contribution in [0.3, 0.4) is 0 Å². The van der Waals surface area contributed by atoms with Gasteiger partial charge in [0.15, 0.2) is 0 Å². The van der Waals surface area contributed by atoms with Crippen molar-refractivity contribution in [1.82, 2.24) is 5.32 Å². The molecular weight excluding hydrogens is 368 g/mol. The average Bonchev–Trinajstić information content (AvgIpc) is 2.66. The first-order valence-electron chi connectivity index (χ1n) is 9.69. The highest BCUT2D eigenvalue weighted by atomic mass is 16.4. The van der Waals surface area contributed by atoms with Crippen LogP contribution in [-0.4, -0.2) is 22.9 Å². The number of fused-ring (bicyclic) bond motifs is 1. The molecule has 1 atom stereocenters. The average molecular weight is 394 g/mol. The molecule has 2 aromatic carbocycles. The fourth-order valence-electron chi connectivity index (χ4n) is 3.41. The molecule has 1 unspecified atom stereocenters. The van der Waals surface area contributed by atoms with E-state index in [2.05, 4.69) is 31.4 Å². The van der Waals surface area contributed by atoms with Crippen LogP contribution in [0.2, 0.25) is 0 Å². The number of amides is 2. The molecule has 1 aliphatic heterocycles. The van der Waals surface area contributed by atoms with Gasteiger partial charge >= 0.3 is 5.97 Å². The molecule has 0 aliphatic carbocycles. The largest absolute Gasteiger partial charge is 0.481 e. The molecule has 0 aromatic heterocycles. The van der Waals surface area contributed by atoms with Gasteiger partial charge in [-0.3, -0.25) is 14.4 Å². The number of nitrogens with one attached hydrogen (secondary N) is 2. The molecule has 2 amide bonds. The van der Waals surface area contributed by atoms with Crippen molar-refractivity contribution < 1.29 is 19.5 Å². The lowest BCUT2D eigenvalue weighted by Gasteiger charge is -2.22. The van der Waals surface area contributed by atoms with Gasteiger partial charge in [-0.15, -0.1) is 0 Å². The third-order valence-corrected chi connectivity index (χ3v) is 5.13. The molecule has 1 heterocycles. The van der Waals surface area contributed by atoms with Gasteiger partial charge in [0.2, 0.25) is 5.91 Å². The Morgan fingerprint density at radius 3 is 2.41 bits per heavy atom. The third kappa shape index (κ3) is 5.02. The van der Waals surface area contributed by atoms with Crippen LogP contribution in [-0.2, 0) is 21.4 Å². The minimum Gasteiger partial charge on any atom is -0.481 e. The summed E-state index contributed by atoms with van der Waals surface area (Å²) in [7, 11) is 0. The number of hydrogen-bond acceptors (Lipinski definition) is 3. The Hall–Kier alpha value is -3.15. The third-order valence-electron chi connectivity index (χ3n) is 5.13. The van der Waals surface area contributed by atoms with E-state index in [0.717, 1.165) is 22.4 Å². The Morgan fingerprint density at radius 1 is 1.10 bits per heavy atom. The van der Waals surface area contributed by atoms with Gasteiger partial charge in [0.05, 0.1) is 12.5 Å². The second-order valence-electron chi connectivity index (χ2n) is 8.42. The highest BCUT2D eigenvalue weighted by molar-refractivity contribution is 5.98. The number of aliphatic carboxylic acids is 1. The predicted octanol–water partition coefficient (Wildman–Crippen LogP) is 3.81. The molecule has 3 N–H and O–H groups in total. The second-order valence-corrected chi connectivity index (χ2v) is 8.42. The van der Waals surface area contributed by atoms with E-state index in [-0.39, 0.29) is 23.7 Å². The van der Waals surface area contributed by atoms with Gasteiger partial charge in [0.1, 0.15) is 0 Å². The Labute approximate surface area is 170 Å². The van der Waals surface area contributed by atoms with Gasteiger partial charge in [0, 0.05) is 17.7 Å². The summed E-state index contributed by atoms with van der Waals surface area (Å²) in [5.74, 6) is -1.35. The van der Waals surface area contributed by atoms with Gasteiger partial charge in [0.25, 0.3) is 5.91 Å². The molecular formula is C23H26N2O4. The normalized spacial score (nSPS) is 14.5. The smallest absolute Gasteiger partial charge is 0.305 e. The van der Waals surface area contributed by atoms with Crippen LogP contribution in [0.25, 0.3) is 0 Å². The van der Waals surface area contributed by atoms with E-state index in [1.807, 2.05) is 24.3 Å². The number of carbonyl (C=O) groups is 3. The summed E-state index contributed by atoms with van der Waals surface area (Å²) in [6.07, 6.45) is 0.760. The van der Waals surface area contributed by atoms with E-state index in [1.54, 1.807) is 18.2 Å². The molecule has 29 heavy (non-hydrogen) atoms. The summed E-state index contributed by atoms with van der Waals surface area (Å²) in [4.78, 5) is 35.6. The minimum atomic E-state index is -0.983. The number of carboxylic acid groups (broad SMARTS) is 1. The second kappa shape index (κ2) is 8.07. The Bertz CT molecular complexity index is 942. The summed E-state index contributed by atoms with van der Waals surface area (Å²) in [6.45, 7) is 6.32. The number of hydrogen-bond donors (Lipinski definition) is 3. The quantitative estimate of drug-likeness (QED) is 0.718. The lowest BCUT2D eigenvalue weighted by Crippen LogP contribution is -2.30. The van der Waals surface area contributed by atoms with Crippen LogP contribution in [0.15, 0.2) is 42.5 Å². The molecule has 0 radical (unpaired) electrons. The standard InChI is InChI=1S/C23H26N2O4/c1-23(2,3)17-8-4-14(5-9-17)19(13-21(27)28)25-22(29)16-6-10-18-15(12-16)7-11-20(26)24-18/h4-6,8-10,12,19H,7,11,13H2,1-3H3,(H,24,26)(H,25,29)(H,27,28). The predicted molar refractivity (Wildman–Crippen MR) is 111 cm³/mol. The van der Waals surface area contributed by atoms with Gasteiger partial charge < -0.3 is 15.7 Å². The van der Waals surface area contributed by atoms with Crippen molar-refractivity contribution in [2.45, 2.75) is 51.5 Å². The van der Waals surface area contributed by atoms with Crippen LogP contribution >= 0.6 is 0 Å². The Morgan fingerprint density at radius 2 is 1.79 bits per heavy atom. The molecule has 0 spiro atoms. The number of benzene rings is 2. The minimum absolute atomic E-state index is 0.0113. The van der Waals surface area contributed by atoms with Crippen molar-refractivity contribution >= 4 is 23.5 Å². The first-order valence-corrected chi connectivity index (χ1v) is 9.69. The number of anilines is 1. The molecule has 6 heteroatoms. The molecule has 2 aromatic rings. The van der Waals surface area contributed by atoms with E-state index in [9.17, 15) is 19.5 Å². The zero-order chi connectivity index (χ0) is 21.2. The maximum atomic E-state index is 12.8. The topological polar surface area (TPSA) is 95.5 Å². The highest BCUT2D eigenvalue weighted by Crippen LogP contribution is 2.26. The van der Waals surface area contributed by atoms with Gasteiger partial charge in [-0.25, -0.2) is 0 Å². The summed E-state index contributed by atoms with van der Waals surface area (Å²) in [5.41, 5.74) is 3.95. The molecule has 6 nitrogen and oxygen atoms in total. The molecule has 0 saturated carbocycles. The van der Waals surface area contributed by atoms with E-state index >= 15 is 0 Å². The van der Waals surface area contributed by atoms with E-state index in [4.69, 9.17) is 0 Å². The van der Waals surface area contributed by atoms with E-state index in [1.165, 1.54) is 0 Å². The zero-order valence-corrected chi connectivity index (χ0v) is 16.9. The fourth-order valence-corrected chi connectivity index (χ4v) is 3.41. The van der Waals surface area contributed by atoms with Gasteiger partial charge in [-0.05, 0) is 46.7 Å². The van der Waals surface area contributed by atoms with Crippen LogP contribution in [0.5, 0.6) is 0 Å². The van der Waals surface area contributed by atoms with E-state index in [0.29, 0.717) is 18.4 Å².